The van der Waals surface area contributed by atoms with Crippen molar-refractivity contribution in [1.82, 2.24) is 9.71 Å². The molecule has 0 aromatic carbocycles. The molecule has 7 nitrogen and oxygen atoms in total. The summed E-state index contributed by atoms with van der Waals surface area (Å²) in [5.74, 6) is -1.95. The monoisotopic (exact) mass is 410 g/mol. The average Bonchev–Trinajstić information content (AvgIpc) is 3.02. The van der Waals surface area contributed by atoms with Crippen molar-refractivity contribution in [3.05, 3.63) is 41.0 Å². The Balaban J connectivity index is 2.29. The molecule has 24 heavy (non-hydrogen) atoms. The quantitative estimate of drug-likeness (QED) is 0.535. The van der Waals surface area contributed by atoms with Crippen LogP contribution in [0.1, 0.15) is 13.8 Å². The van der Waals surface area contributed by atoms with Crippen LogP contribution in [0.15, 0.2) is 40.1 Å². The van der Waals surface area contributed by atoms with Gasteiger partial charge in [-0.05, 0) is 29.5 Å². The molecule has 2 rings (SSSR count). The molecule has 0 aliphatic heterocycles. The Kier molecular flexibility index (Phi) is 6.06. The molecule has 0 amide bonds. The van der Waals surface area contributed by atoms with Crippen LogP contribution in [0.2, 0.25) is 5.15 Å². The first-order chi connectivity index (χ1) is 11.1. The summed E-state index contributed by atoms with van der Waals surface area (Å²) in [5.41, 5.74) is 0. The van der Waals surface area contributed by atoms with Gasteiger partial charge in [-0.3, -0.25) is 0 Å². The van der Waals surface area contributed by atoms with E-state index in [1.54, 1.807) is 25.3 Å². The summed E-state index contributed by atoms with van der Waals surface area (Å²) in [6.07, 6.45) is 1.40. The van der Waals surface area contributed by atoms with Gasteiger partial charge >= 0.3 is 7.60 Å². The van der Waals surface area contributed by atoms with Crippen LogP contribution in [0.5, 0.6) is 5.75 Å². The van der Waals surface area contributed by atoms with Crippen LogP contribution in [-0.2, 0) is 14.6 Å². The van der Waals surface area contributed by atoms with Gasteiger partial charge in [-0.2, -0.15) is 4.72 Å². The van der Waals surface area contributed by atoms with E-state index >= 15 is 0 Å². The molecule has 0 saturated carbocycles. The van der Waals surface area contributed by atoms with Crippen molar-refractivity contribution in [3.63, 3.8) is 0 Å². The van der Waals surface area contributed by atoms with Crippen molar-refractivity contribution < 1.29 is 22.4 Å². The van der Waals surface area contributed by atoms with Crippen LogP contribution in [-0.4, -0.2) is 24.1 Å². The highest BCUT2D eigenvalue weighted by molar-refractivity contribution is 7.91. The fourth-order valence-electron chi connectivity index (χ4n) is 1.85. The van der Waals surface area contributed by atoms with Crippen molar-refractivity contribution in [3.8, 4) is 5.75 Å². The number of aromatic nitrogens is 1. The maximum Gasteiger partial charge on any atom is 0.394 e. The minimum absolute atomic E-state index is 0.0487. The zero-order valence-electron chi connectivity index (χ0n) is 12.8. The Morgan fingerprint density at radius 3 is 2.62 bits per heavy atom. The van der Waals surface area contributed by atoms with Gasteiger partial charge in [0.2, 0.25) is 0 Å². The van der Waals surface area contributed by atoms with E-state index in [4.69, 9.17) is 16.1 Å². The molecule has 0 radical (unpaired) electrons. The Hall–Kier alpha value is -0.960. The first-order valence-electron chi connectivity index (χ1n) is 6.82. The molecule has 2 aromatic rings. The van der Waals surface area contributed by atoms with Crippen molar-refractivity contribution >= 4 is 40.6 Å². The van der Waals surface area contributed by atoms with Crippen LogP contribution in [0.3, 0.4) is 0 Å². The molecule has 2 aromatic heterocycles. The van der Waals surface area contributed by atoms with Crippen LogP contribution in [0.4, 0.5) is 0 Å². The molecular formula is C13H16ClN2O5PS2. The molecule has 2 heterocycles. The van der Waals surface area contributed by atoms with Crippen LogP contribution in [0.25, 0.3) is 0 Å². The number of hydrogen-bond acceptors (Lipinski definition) is 6. The van der Waals surface area contributed by atoms with E-state index in [1.807, 2.05) is 0 Å². The van der Waals surface area contributed by atoms with E-state index in [-0.39, 0.29) is 15.1 Å². The molecule has 132 valence electrons. The summed E-state index contributed by atoms with van der Waals surface area (Å²) in [7, 11) is -8.36. The second-order valence-corrected chi connectivity index (χ2v) is 10.3. The topological polar surface area (TPSA) is 106 Å². The van der Waals surface area contributed by atoms with Crippen molar-refractivity contribution in [2.75, 3.05) is 0 Å². The number of rotatable bonds is 7. The lowest BCUT2D eigenvalue weighted by Crippen LogP contribution is -2.39. The van der Waals surface area contributed by atoms with E-state index in [2.05, 4.69) is 9.71 Å². The average molecular weight is 411 g/mol. The second-order valence-electron chi connectivity index (χ2n) is 5.19. The zero-order chi connectivity index (χ0) is 18.0. The fourth-order valence-corrected chi connectivity index (χ4v) is 6.54. The van der Waals surface area contributed by atoms with Gasteiger partial charge in [-0.1, -0.05) is 31.5 Å². The Labute approximate surface area is 149 Å². The number of nitrogens with zero attached hydrogens (tertiary/aromatic N) is 1. The van der Waals surface area contributed by atoms with Crippen molar-refractivity contribution in [2.24, 2.45) is 5.92 Å². The molecule has 0 saturated heterocycles. The number of sulfonamides is 1. The Morgan fingerprint density at radius 2 is 2.08 bits per heavy atom. The van der Waals surface area contributed by atoms with Gasteiger partial charge in [0.1, 0.15) is 9.99 Å². The number of pyridine rings is 1. The standard InChI is InChI=1S/C13H16ClN2O5PS2/c1-9(2)13(16-24(19,20)11-6-4-8-23-11)22(17,18)21-10-5-3-7-15-12(10)14/h3-9,13,16H,1-2H3,(H,17,18). The molecule has 0 bridgehead atoms. The van der Waals surface area contributed by atoms with E-state index in [1.165, 1.54) is 24.4 Å². The minimum atomic E-state index is -4.42. The zero-order valence-corrected chi connectivity index (χ0v) is 16.1. The van der Waals surface area contributed by atoms with Gasteiger partial charge in [0.05, 0.1) is 0 Å². The van der Waals surface area contributed by atoms with E-state index in [0.717, 1.165) is 11.3 Å². The predicted octanol–water partition coefficient (Wildman–Crippen LogP) is 3.32. The Morgan fingerprint density at radius 1 is 1.38 bits per heavy atom. The van der Waals surface area contributed by atoms with Crippen LogP contribution >= 0.6 is 30.5 Å². The SMILES string of the molecule is CC(C)C(NS(=O)(=O)c1cccs1)P(=O)(O)Oc1cccnc1Cl. The summed E-state index contributed by atoms with van der Waals surface area (Å²) >= 11 is 6.83. The van der Waals surface area contributed by atoms with Gasteiger partial charge in [-0.25, -0.2) is 18.0 Å². The first-order valence-corrected chi connectivity index (χ1v) is 11.2. The number of thiophene rings is 1. The first kappa shape index (κ1) is 19.4. The number of hydrogen-bond donors (Lipinski definition) is 2. The predicted molar refractivity (Wildman–Crippen MR) is 93.0 cm³/mol. The van der Waals surface area contributed by atoms with Gasteiger partial charge in [0.25, 0.3) is 10.0 Å². The molecule has 11 heteroatoms. The molecular weight excluding hydrogens is 395 g/mol. The number of nitrogens with one attached hydrogen (secondary N) is 1. The van der Waals surface area contributed by atoms with Crippen molar-refractivity contribution in [2.45, 2.75) is 23.8 Å². The molecule has 2 unspecified atom stereocenters. The van der Waals surface area contributed by atoms with E-state index < -0.39 is 29.3 Å². The van der Waals surface area contributed by atoms with Gasteiger partial charge in [0.15, 0.2) is 10.9 Å². The van der Waals surface area contributed by atoms with Gasteiger partial charge in [-0.15, -0.1) is 11.3 Å². The maximum atomic E-state index is 12.6. The largest absolute Gasteiger partial charge is 0.420 e. The lowest BCUT2D eigenvalue weighted by molar-refractivity contribution is 0.342. The Bertz CT molecular complexity index is 842. The highest BCUT2D eigenvalue weighted by Gasteiger charge is 2.40. The van der Waals surface area contributed by atoms with Crippen LogP contribution in [0, 0.1) is 5.92 Å². The lowest BCUT2D eigenvalue weighted by Gasteiger charge is -2.26. The van der Waals surface area contributed by atoms with Crippen molar-refractivity contribution in [1.29, 1.82) is 0 Å². The second kappa shape index (κ2) is 7.51. The summed E-state index contributed by atoms with van der Waals surface area (Å²) in [6, 6.07) is 5.85. The smallest absolute Gasteiger partial charge is 0.394 e. The van der Waals surface area contributed by atoms with E-state index in [0.29, 0.717) is 0 Å². The molecule has 0 aliphatic rings. The normalized spacial score (nSPS) is 15.9. The third-order valence-electron chi connectivity index (χ3n) is 2.97. The minimum Gasteiger partial charge on any atom is -0.420 e. The third kappa shape index (κ3) is 4.56. The number of halogens is 1. The fraction of sp³-hybridized carbons (Fsp3) is 0.308. The van der Waals surface area contributed by atoms with Gasteiger partial charge in [0, 0.05) is 6.20 Å². The molecule has 0 spiro atoms. The molecule has 2 N–H and O–H groups in total. The summed E-state index contributed by atoms with van der Waals surface area (Å²) < 4.78 is 44.8. The lowest BCUT2D eigenvalue weighted by atomic mass is 10.2. The summed E-state index contributed by atoms with van der Waals surface area (Å²) in [6.45, 7) is 3.22. The van der Waals surface area contributed by atoms with Gasteiger partial charge < -0.3 is 9.42 Å². The third-order valence-corrected chi connectivity index (χ3v) is 8.16. The molecule has 2 atom stereocenters. The highest BCUT2D eigenvalue weighted by atomic mass is 35.5. The van der Waals surface area contributed by atoms with E-state index in [9.17, 15) is 17.9 Å². The molecule has 0 aliphatic carbocycles. The highest BCUT2D eigenvalue weighted by Crippen LogP contribution is 2.50. The van der Waals surface area contributed by atoms with Crippen LogP contribution < -0.4 is 9.25 Å². The summed E-state index contributed by atoms with van der Waals surface area (Å²) in [5, 5.41) is 1.51. The summed E-state index contributed by atoms with van der Waals surface area (Å²) in [4.78, 5) is 14.1. The molecule has 0 fully saturated rings. The maximum absolute atomic E-state index is 12.6.